The summed E-state index contributed by atoms with van der Waals surface area (Å²) in [6.45, 7) is 1.15. The lowest BCUT2D eigenvalue weighted by Crippen LogP contribution is -2.54. The maximum Gasteiger partial charge on any atom is 0.312 e. The number of carbonyl (C=O) groups excluding carboxylic acids is 3. The summed E-state index contributed by atoms with van der Waals surface area (Å²) >= 11 is 0. The molecule has 29 heavy (non-hydrogen) atoms. The predicted octanol–water partition coefficient (Wildman–Crippen LogP) is 0.619. The number of benzene rings is 1. The summed E-state index contributed by atoms with van der Waals surface area (Å²) in [7, 11) is 0. The average Bonchev–Trinajstić information content (AvgIpc) is 3.14. The van der Waals surface area contributed by atoms with Crippen molar-refractivity contribution < 1.29 is 28.3 Å². The Balaban J connectivity index is 1.56. The number of nitrogens with zero attached hydrogens (tertiary/aromatic N) is 2. The normalized spacial score (nSPS) is 14.3. The van der Waals surface area contributed by atoms with E-state index < -0.39 is 23.4 Å². The number of H-pyrrole nitrogens is 1. The molecule has 0 aliphatic carbocycles. The molecule has 1 aliphatic rings. The number of aromatic amines is 1. The van der Waals surface area contributed by atoms with Gasteiger partial charge in [-0.15, -0.1) is 0 Å². The summed E-state index contributed by atoms with van der Waals surface area (Å²) in [6, 6.07) is 3.21. The molecule has 2 heterocycles. The van der Waals surface area contributed by atoms with Gasteiger partial charge >= 0.3 is 11.8 Å². The van der Waals surface area contributed by atoms with Crippen LogP contribution >= 0.6 is 0 Å². The minimum absolute atomic E-state index is 0.0256. The second kappa shape index (κ2) is 8.99. The Labute approximate surface area is 165 Å². The van der Waals surface area contributed by atoms with Crippen molar-refractivity contribution in [3.05, 3.63) is 35.5 Å². The summed E-state index contributed by atoms with van der Waals surface area (Å²) in [4.78, 5) is 42.3. The van der Waals surface area contributed by atoms with E-state index in [9.17, 15) is 23.2 Å². The summed E-state index contributed by atoms with van der Waals surface area (Å²) in [6.07, 6.45) is 1.12. The van der Waals surface area contributed by atoms with E-state index in [1.54, 1.807) is 0 Å². The third-order valence-corrected chi connectivity index (χ3v) is 4.80. The molecule has 1 saturated heterocycles. The van der Waals surface area contributed by atoms with Crippen molar-refractivity contribution in [2.75, 3.05) is 39.3 Å². The fourth-order valence-corrected chi connectivity index (χ4v) is 3.22. The van der Waals surface area contributed by atoms with Crippen LogP contribution in [-0.4, -0.2) is 76.9 Å². The van der Waals surface area contributed by atoms with Gasteiger partial charge in [0.15, 0.2) is 0 Å². The van der Waals surface area contributed by atoms with E-state index in [1.165, 1.54) is 15.9 Å². The van der Waals surface area contributed by atoms with Crippen LogP contribution in [0.1, 0.15) is 23.3 Å². The number of aromatic nitrogens is 1. The molecule has 0 saturated carbocycles. The van der Waals surface area contributed by atoms with E-state index in [-0.39, 0.29) is 55.3 Å². The predicted molar refractivity (Wildman–Crippen MR) is 100 cm³/mol. The lowest BCUT2D eigenvalue weighted by molar-refractivity contribution is -0.146. The quantitative estimate of drug-likeness (QED) is 0.498. The highest BCUT2D eigenvalue weighted by Crippen LogP contribution is 2.21. The second-order valence-corrected chi connectivity index (χ2v) is 6.80. The number of hydrogen-bond acceptors (Lipinski definition) is 4. The smallest absolute Gasteiger partial charge is 0.312 e. The van der Waals surface area contributed by atoms with E-state index in [0.29, 0.717) is 19.4 Å². The van der Waals surface area contributed by atoms with Crippen molar-refractivity contribution in [3.63, 3.8) is 0 Å². The van der Waals surface area contributed by atoms with Crippen molar-refractivity contribution in [2.45, 2.75) is 12.8 Å². The summed E-state index contributed by atoms with van der Waals surface area (Å²) in [5.74, 6) is -3.25. The molecule has 0 unspecified atom stereocenters. The Bertz CT molecular complexity index is 922. The lowest BCUT2D eigenvalue weighted by Gasteiger charge is -2.34. The van der Waals surface area contributed by atoms with Gasteiger partial charge in [-0.1, -0.05) is 0 Å². The molecule has 3 N–H and O–H groups in total. The number of piperazine rings is 1. The number of nitrogens with one attached hydrogen (secondary N) is 2. The van der Waals surface area contributed by atoms with Gasteiger partial charge in [0.2, 0.25) is 0 Å². The molecule has 1 aromatic heterocycles. The maximum absolute atomic E-state index is 13.8. The van der Waals surface area contributed by atoms with Crippen molar-refractivity contribution in [1.29, 1.82) is 0 Å². The van der Waals surface area contributed by atoms with Gasteiger partial charge in [0, 0.05) is 50.8 Å². The molecular formula is C19H22F2N4O4. The number of aliphatic hydroxyl groups excluding tert-OH is 1. The van der Waals surface area contributed by atoms with E-state index in [4.69, 9.17) is 5.11 Å². The monoisotopic (exact) mass is 408 g/mol. The fourth-order valence-electron chi connectivity index (χ4n) is 3.22. The Morgan fingerprint density at radius 1 is 1.03 bits per heavy atom. The van der Waals surface area contributed by atoms with Gasteiger partial charge in [-0.2, -0.15) is 0 Å². The number of rotatable bonds is 5. The molecule has 8 nitrogen and oxygen atoms in total. The second-order valence-electron chi connectivity index (χ2n) is 6.80. The maximum atomic E-state index is 13.8. The highest BCUT2D eigenvalue weighted by atomic mass is 19.1. The molecule has 1 aromatic carbocycles. The van der Waals surface area contributed by atoms with Gasteiger partial charge in [-0.3, -0.25) is 14.4 Å². The fraction of sp³-hybridized carbons (Fsp3) is 0.421. The number of hydrogen-bond donors (Lipinski definition) is 3. The molecule has 1 fully saturated rings. The topological polar surface area (TPSA) is 106 Å². The number of unbranched alkanes of at least 4 members (excludes halogenated alkanes) is 1. The highest BCUT2D eigenvalue weighted by molar-refractivity contribution is 6.35. The zero-order chi connectivity index (χ0) is 21.0. The van der Waals surface area contributed by atoms with Crippen LogP contribution in [0.2, 0.25) is 0 Å². The molecule has 0 atom stereocenters. The lowest BCUT2D eigenvalue weighted by atomic mass is 10.2. The van der Waals surface area contributed by atoms with E-state index in [1.807, 2.05) is 0 Å². The van der Waals surface area contributed by atoms with Crippen molar-refractivity contribution in [1.82, 2.24) is 20.1 Å². The molecule has 0 bridgehead atoms. The van der Waals surface area contributed by atoms with Crippen LogP contribution < -0.4 is 5.32 Å². The van der Waals surface area contributed by atoms with Crippen molar-refractivity contribution in [2.24, 2.45) is 0 Å². The molecule has 3 rings (SSSR count). The Hall–Kier alpha value is -3.01. The molecule has 156 valence electrons. The zero-order valence-corrected chi connectivity index (χ0v) is 15.7. The SMILES string of the molecule is O=C(NCCCCO)C(=O)N1CCN(C(=O)c2cc3c(F)cc(F)cc3[nH]2)CC1. The molecule has 1 aliphatic heterocycles. The molecule has 3 amide bonds. The van der Waals surface area contributed by atoms with Crippen LogP contribution in [0.25, 0.3) is 10.9 Å². The highest BCUT2D eigenvalue weighted by Gasteiger charge is 2.28. The zero-order valence-electron chi connectivity index (χ0n) is 15.7. The van der Waals surface area contributed by atoms with Gasteiger partial charge in [0.1, 0.15) is 17.3 Å². The molecule has 0 spiro atoms. The van der Waals surface area contributed by atoms with E-state index in [2.05, 4.69) is 10.3 Å². The van der Waals surface area contributed by atoms with Crippen LogP contribution in [0, 0.1) is 11.6 Å². The summed E-state index contributed by atoms with van der Waals surface area (Å²) in [5.41, 5.74) is 0.323. The standard InChI is InChI=1S/C19H22F2N4O4/c20-12-9-14(21)13-11-16(23-15(13)10-12)18(28)24-4-6-25(7-5-24)19(29)17(27)22-3-1-2-8-26/h9-11,23,26H,1-8H2,(H,22,27). The first-order valence-electron chi connectivity index (χ1n) is 9.35. The first kappa shape index (κ1) is 20.7. The Kier molecular flexibility index (Phi) is 6.42. The molecule has 2 aromatic rings. The van der Waals surface area contributed by atoms with Gasteiger partial charge < -0.3 is 25.2 Å². The Morgan fingerprint density at radius 3 is 2.41 bits per heavy atom. The first-order valence-corrected chi connectivity index (χ1v) is 9.35. The van der Waals surface area contributed by atoms with Gasteiger partial charge in [0.05, 0.1) is 5.52 Å². The van der Waals surface area contributed by atoms with Crippen LogP contribution in [-0.2, 0) is 9.59 Å². The molecule has 0 radical (unpaired) electrons. The van der Waals surface area contributed by atoms with Gasteiger partial charge in [-0.05, 0) is 25.0 Å². The number of fused-ring (bicyclic) bond motifs is 1. The van der Waals surface area contributed by atoms with Gasteiger partial charge in [0.25, 0.3) is 5.91 Å². The third kappa shape index (κ3) is 4.70. The van der Waals surface area contributed by atoms with Crippen LogP contribution in [0.5, 0.6) is 0 Å². The average molecular weight is 408 g/mol. The Morgan fingerprint density at radius 2 is 1.72 bits per heavy atom. The molecule has 10 heteroatoms. The largest absolute Gasteiger partial charge is 0.396 e. The summed E-state index contributed by atoms with van der Waals surface area (Å²) < 4.78 is 27.2. The van der Waals surface area contributed by atoms with E-state index >= 15 is 0 Å². The summed E-state index contributed by atoms with van der Waals surface area (Å²) in [5, 5.41) is 11.3. The van der Waals surface area contributed by atoms with Crippen LogP contribution in [0.4, 0.5) is 8.78 Å². The van der Waals surface area contributed by atoms with Crippen LogP contribution in [0.3, 0.4) is 0 Å². The van der Waals surface area contributed by atoms with Crippen molar-refractivity contribution in [3.8, 4) is 0 Å². The van der Waals surface area contributed by atoms with Crippen LogP contribution in [0.15, 0.2) is 18.2 Å². The molecular weight excluding hydrogens is 386 g/mol. The minimum atomic E-state index is -0.754. The number of halogens is 2. The third-order valence-electron chi connectivity index (χ3n) is 4.80. The van der Waals surface area contributed by atoms with E-state index in [0.717, 1.165) is 12.1 Å². The first-order chi connectivity index (χ1) is 13.9. The van der Waals surface area contributed by atoms with Gasteiger partial charge in [-0.25, -0.2) is 8.78 Å². The number of aliphatic hydroxyl groups is 1. The minimum Gasteiger partial charge on any atom is -0.396 e. The number of amides is 3. The van der Waals surface area contributed by atoms with Crippen molar-refractivity contribution >= 4 is 28.6 Å². The number of carbonyl (C=O) groups is 3.